The highest BCUT2D eigenvalue weighted by Gasteiger charge is 2.36. The molecule has 0 spiro atoms. The van der Waals surface area contributed by atoms with Gasteiger partial charge >= 0.3 is 0 Å². The highest BCUT2D eigenvalue weighted by Crippen LogP contribution is 2.45. The number of hydrogen-bond donors (Lipinski definition) is 2. The first kappa shape index (κ1) is 16.6. The molecule has 144 valence electrons. The van der Waals surface area contributed by atoms with E-state index in [1.165, 1.54) is 30.6 Å². The van der Waals surface area contributed by atoms with Crippen LogP contribution in [0, 0.1) is 0 Å². The van der Waals surface area contributed by atoms with Gasteiger partial charge in [-0.15, -0.1) is 0 Å². The Hall–Kier alpha value is -2.38. The summed E-state index contributed by atoms with van der Waals surface area (Å²) < 4.78 is 6.06. The van der Waals surface area contributed by atoms with Crippen LogP contribution in [0.15, 0.2) is 30.6 Å². The number of aromatic amines is 1. The van der Waals surface area contributed by atoms with Gasteiger partial charge in [-0.25, -0.2) is 4.98 Å². The van der Waals surface area contributed by atoms with Crippen molar-refractivity contribution in [3.05, 3.63) is 36.3 Å². The second kappa shape index (κ2) is 6.32. The van der Waals surface area contributed by atoms with E-state index in [1.54, 1.807) is 11.3 Å². The first-order valence-corrected chi connectivity index (χ1v) is 10.8. The van der Waals surface area contributed by atoms with Crippen molar-refractivity contribution in [2.24, 2.45) is 0 Å². The van der Waals surface area contributed by atoms with Crippen LogP contribution in [0.2, 0.25) is 0 Å². The fraction of sp³-hybridized carbons (Fsp3) is 0.429. The predicted molar refractivity (Wildman–Crippen MR) is 111 cm³/mol. The van der Waals surface area contributed by atoms with Gasteiger partial charge in [0.2, 0.25) is 0 Å². The Balaban J connectivity index is 1.31. The molecule has 6 rings (SSSR count). The van der Waals surface area contributed by atoms with E-state index in [1.807, 2.05) is 12.4 Å². The maximum atomic E-state index is 6.06. The Morgan fingerprint density at radius 1 is 1.18 bits per heavy atom. The zero-order valence-electron chi connectivity index (χ0n) is 15.8. The van der Waals surface area contributed by atoms with E-state index in [4.69, 9.17) is 9.72 Å². The van der Waals surface area contributed by atoms with Gasteiger partial charge < -0.3 is 15.0 Å². The van der Waals surface area contributed by atoms with Crippen molar-refractivity contribution in [2.45, 2.75) is 50.4 Å². The molecule has 1 aromatic carbocycles. The van der Waals surface area contributed by atoms with Crippen LogP contribution in [0.4, 0.5) is 5.13 Å². The number of H-pyrrole nitrogens is 1. The lowest BCUT2D eigenvalue weighted by molar-refractivity contribution is 0.298. The number of rotatable bonds is 3. The molecule has 0 saturated carbocycles. The topological polar surface area (TPSA) is 66.1 Å². The van der Waals surface area contributed by atoms with Crippen molar-refractivity contribution in [2.75, 3.05) is 11.9 Å². The molecule has 0 aliphatic carbocycles. The van der Waals surface area contributed by atoms with E-state index in [0.29, 0.717) is 24.7 Å². The molecule has 28 heavy (non-hydrogen) atoms. The summed E-state index contributed by atoms with van der Waals surface area (Å²) in [5, 5.41) is 11.8. The number of anilines is 1. The average Bonchev–Trinajstić information content (AvgIpc) is 3.46. The minimum Gasteiger partial charge on any atom is -0.487 e. The molecule has 3 aromatic rings. The number of nitrogens with zero attached hydrogens (tertiary/aromatic N) is 3. The fourth-order valence-corrected chi connectivity index (χ4v) is 5.99. The monoisotopic (exact) mass is 393 g/mol. The molecular weight excluding hydrogens is 370 g/mol. The molecule has 2 N–H and O–H groups in total. The first-order chi connectivity index (χ1) is 13.7. The molecule has 2 aromatic heterocycles. The molecule has 6 nitrogen and oxygen atoms in total. The molecule has 3 aliphatic heterocycles. The average molecular weight is 394 g/mol. The highest BCUT2D eigenvalue weighted by molar-refractivity contribution is 7.19. The van der Waals surface area contributed by atoms with Crippen molar-refractivity contribution >= 4 is 16.5 Å². The van der Waals surface area contributed by atoms with E-state index in [2.05, 4.69) is 45.7 Å². The van der Waals surface area contributed by atoms with Crippen molar-refractivity contribution in [3.63, 3.8) is 0 Å². The lowest BCUT2D eigenvalue weighted by atomic mass is 9.99. The van der Waals surface area contributed by atoms with Gasteiger partial charge in [0.05, 0.1) is 16.8 Å². The van der Waals surface area contributed by atoms with Crippen LogP contribution in [0.5, 0.6) is 5.75 Å². The van der Waals surface area contributed by atoms with Gasteiger partial charge in [-0.1, -0.05) is 17.4 Å². The van der Waals surface area contributed by atoms with Crippen LogP contribution in [-0.2, 0) is 6.61 Å². The SMILES string of the molecule is CN(c1nc2c(s1)-c1ccc(-c3cn[nH]c3)cc1OC2)C1CC2CCC(C1)N2. The third-order valence-corrected chi connectivity index (χ3v) is 7.63. The van der Waals surface area contributed by atoms with Gasteiger partial charge in [0.15, 0.2) is 5.13 Å². The van der Waals surface area contributed by atoms with Crippen molar-refractivity contribution < 1.29 is 4.74 Å². The largest absolute Gasteiger partial charge is 0.487 e. The Bertz CT molecular complexity index is 1000. The van der Waals surface area contributed by atoms with Gasteiger partial charge in [0.25, 0.3) is 0 Å². The molecule has 2 unspecified atom stereocenters. The van der Waals surface area contributed by atoms with Gasteiger partial charge in [-0.3, -0.25) is 5.10 Å². The second-order valence-corrected chi connectivity index (χ2v) is 9.11. The van der Waals surface area contributed by atoms with E-state index < -0.39 is 0 Å². The predicted octanol–water partition coefficient (Wildman–Crippen LogP) is 3.81. The molecule has 2 saturated heterocycles. The summed E-state index contributed by atoms with van der Waals surface area (Å²) in [5.41, 5.74) is 4.40. The molecule has 2 atom stereocenters. The van der Waals surface area contributed by atoms with Crippen LogP contribution < -0.4 is 15.0 Å². The maximum absolute atomic E-state index is 6.06. The summed E-state index contributed by atoms with van der Waals surface area (Å²) in [4.78, 5) is 8.61. The van der Waals surface area contributed by atoms with Gasteiger partial charge in [0.1, 0.15) is 12.4 Å². The Kier molecular flexibility index (Phi) is 3.74. The van der Waals surface area contributed by atoms with Crippen LogP contribution in [0.25, 0.3) is 21.6 Å². The lowest BCUT2D eigenvalue weighted by Crippen LogP contribution is -2.47. The van der Waals surface area contributed by atoms with Crippen LogP contribution in [-0.4, -0.2) is 40.4 Å². The number of ether oxygens (including phenoxy) is 1. The van der Waals surface area contributed by atoms with Crippen LogP contribution in [0.1, 0.15) is 31.4 Å². The highest BCUT2D eigenvalue weighted by atomic mass is 32.1. The number of fused-ring (bicyclic) bond motifs is 5. The molecule has 2 bridgehead atoms. The molecule has 3 aliphatic rings. The number of hydrogen-bond acceptors (Lipinski definition) is 6. The minimum atomic E-state index is 0.541. The number of nitrogens with one attached hydrogen (secondary N) is 2. The standard InChI is InChI=1S/C21H23N5OS/c1-26(16-7-14-3-4-15(8-16)24-14)21-25-18-11-27-19-6-12(13-9-22-23-10-13)2-5-17(19)20(18)28-21/h2,5-6,9-10,14-16,24H,3-4,7-8,11H2,1H3,(H,22,23). The third-order valence-electron chi connectivity index (χ3n) is 6.41. The zero-order chi connectivity index (χ0) is 18.7. The Labute approximate surface area is 167 Å². The van der Waals surface area contributed by atoms with E-state index in [0.717, 1.165) is 33.3 Å². The van der Waals surface area contributed by atoms with Crippen molar-refractivity contribution in [1.29, 1.82) is 0 Å². The smallest absolute Gasteiger partial charge is 0.186 e. The summed E-state index contributed by atoms with van der Waals surface area (Å²) in [6, 6.07) is 8.35. The molecule has 7 heteroatoms. The normalized spacial score (nSPS) is 25.1. The van der Waals surface area contributed by atoms with Gasteiger partial charge in [-0.2, -0.15) is 5.10 Å². The quantitative estimate of drug-likeness (QED) is 0.708. The summed E-state index contributed by atoms with van der Waals surface area (Å²) in [5.74, 6) is 0.934. The lowest BCUT2D eigenvalue weighted by Gasteiger charge is -2.35. The maximum Gasteiger partial charge on any atom is 0.186 e. The summed E-state index contributed by atoms with van der Waals surface area (Å²) >= 11 is 1.80. The summed E-state index contributed by atoms with van der Waals surface area (Å²) in [6.07, 6.45) is 8.83. The third kappa shape index (κ3) is 2.64. The van der Waals surface area contributed by atoms with Crippen molar-refractivity contribution in [3.8, 4) is 27.3 Å². The molecule has 0 radical (unpaired) electrons. The Morgan fingerprint density at radius 2 is 2.04 bits per heavy atom. The van der Waals surface area contributed by atoms with E-state index >= 15 is 0 Å². The van der Waals surface area contributed by atoms with E-state index in [9.17, 15) is 0 Å². The first-order valence-electron chi connectivity index (χ1n) is 9.99. The molecular formula is C21H23N5OS. The summed E-state index contributed by atoms with van der Waals surface area (Å²) in [6.45, 7) is 0.541. The van der Waals surface area contributed by atoms with Crippen LogP contribution >= 0.6 is 11.3 Å². The zero-order valence-corrected chi connectivity index (χ0v) is 16.6. The molecule has 5 heterocycles. The number of benzene rings is 1. The number of aromatic nitrogens is 3. The van der Waals surface area contributed by atoms with Crippen molar-refractivity contribution in [1.82, 2.24) is 20.5 Å². The fourth-order valence-electron chi connectivity index (χ4n) is 4.86. The van der Waals surface area contributed by atoms with Gasteiger partial charge in [-0.05, 0) is 43.4 Å². The van der Waals surface area contributed by atoms with Gasteiger partial charge in [0, 0.05) is 42.5 Å². The summed E-state index contributed by atoms with van der Waals surface area (Å²) in [7, 11) is 2.21. The molecule has 2 fully saturated rings. The minimum absolute atomic E-state index is 0.541. The Morgan fingerprint density at radius 3 is 2.82 bits per heavy atom. The second-order valence-electron chi connectivity index (χ2n) is 8.13. The number of thiazole rings is 1. The number of piperidine rings is 1. The van der Waals surface area contributed by atoms with Crippen LogP contribution in [0.3, 0.4) is 0 Å². The molecule has 0 amide bonds. The van der Waals surface area contributed by atoms with E-state index in [-0.39, 0.29) is 0 Å².